The molecule has 0 saturated carbocycles. The number of aliphatic hydroxyl groups excluding tert-OH is 1. The van der Waals surface area contributed by atoms with Crippen molar-refractivity contribution in [1.82, 2.24) is 5.06 Å². The summed E-state index contributed by atoms with van der Waals surface area (Å²) in [6.07, 6.45) is -0.125. The number of aryl methyl sites for hydroxylation is 2. The Hall–Kier alpha value is -2.86. The van der Waals surface area contributed by atoms with Crippen LogP contribution in [-0.2, 0) is 9.63 Å². The summed E-state index contributed by atoms with van der Waals surface area (Å²) in [6, 6.07) is 12.7. The number of hydroxylamine groups is 2. The highest BCUT2D eigenvalue weighted by molar-refractivity contribution is 5.98. The van der Waals surface area contributed by atoms with Gasteiger partial charge in [0.2, 0.25) is 0 Å². The number of hydrogen-bond donors (Lipinski definition) is 1. The van der Waals surface area contributed by atoms with E-state index in [9.17, 15) is 14.7 Å². The van der Waals surface area contributed by atoms with Crippen LogP contribution in [-0.4, -0.2) is 28.7 Å². The van der Waals surface area contributed by atoms with Crippen molar-refractivity contribution in [3.63, 3.8) is 0 Å². The van der Waals surface area contributed by atoms with Gasteiger partial charge in [0.25, 0.3) is 5.91 Å². The van der Waals surface area contributed by atoms with Crippen LogP contribution in [0.2, 0.25) is 0 Å². The molecule has 2 aromatic carbocycles. The molecule has 0 saturated heterocycles. The lowest BCUT2D eigenvalue weighted by atomic mass is 9.88. The van der Waals surface area contributed by atoms with Crippen LogP contribution in [0, 0.1) is 19.3 Å². The first-order valence-corrected chi connectivity index (χ1v) is 9.74. The minimum atomic E-state index is -1.29. The first-order valence-electron chi connectivity index (χ1n) is 9.74. The Kier molecular flexibility index (Phi) is 5.94. The molecule has 0 radical (unpaired) electrons. The van der Waals surface area contributed by atoms with Gasteiger partial charge in [0.15, 0.2) is 6.23 Å². The fourth-order valence-corrected chi connectivity index (χ4v) is 3.24. The number of fused-ring (bicyclic) bond motifs is 1. The van der Waals surface area contributed by atoms with E-state index in [1.165, 1.54) is 0 Å². The number of carbonyl (C=O) groups is 2. The van der Waals surface area contributed by atoms with E-state index in [0.717, 1.165) is 21.9 Å². The first kappa shape index (κ1) is 20.9. The van der Waals surface area contributed by atoms with Gasteiger partial charge in [0.05, 0.1) is 17.6 Å². The van der Waals surface area contributed by atoms with Crippen molar-refractivity contribution in [2.75, 3.05) is 6.61 Å². The van der Waals surface area contributed by atoms with Crippen LogP contribution in [0.15, 0.2) is 42.5 Å². The van der Waals surface area contributed by atoms with Gasteiger partial charge < -0.3 is 14.7 Å². The SMILES string of the molecule is Cc1ccc(C)c(OCCCC(C)(C)C(=O)ON2C(=O)c3ccccc3C2O)c1. The number of carbonyl (C=O) groups excluding carboxylic acids is 2. The molecule has 6 nitrogen and oxygen atoms in total. The average Bonchev–Trinajstić information content (AvgIpc) is 2.93. The van der Waals surface area contributed by atoms with Gasteiger partial charge in [-0.15, -0.1) is 5.06 Å². The molecule has 3 rings (SSSR count). The summed E-state index contributed by atoms with van der Waals surface area (Å²) >= 11 is 0. The van der Waals surface area contributed by atoms with Gasteiger partial charge in [-0.3, -0.25) is 4.79 Å². The zero-order valence-electron chi connectivity index (χ0n) is 17.3. The largest absolute Gasteiger partial charge is 0.493 e. The summed E-state index contributed by atoms with van der Waals surface area (Å²) in [6.45, 7) is 7.99. The van der Waals surface area contributed by atoms with Crippen LogP contribution in [0.25, 0.3) is 0 Å². The van der Waals surface area contributed by atoms with Crippen molar-refractivity contribution in [3.8, 4) is 5.75 Å². The van der Waals surface area contributed by atoms with Crippen LogP contribution >= 0.6 is 0 Å². The van der Waals surface area contributed by atoms with Crippen molar-refractivity contribution in [3.05, 3.63) is 64.7 Å². The Morgan fingerprint density at radius 1 is 1.17 bits per heavy atom. The third-order valence-corrected chi connectivity index (χ3v) is 5.17. The molecule has 1 heterocycles. The Morgan fingerprint density at radius 2 is 1.90 bits per heavy atom. The van der Waals surface area contributed by atoms with E-state index in [1.807, 2.05) is 32.0 Å². The second-order valence-electron chi connectivity index (χ2n) is 8.08. The fraction of sp³-hybridized carbons (Fsp3) is 0.391. The third-order valence-electron chi connectivity index (χ3n) is 5.17. The van der Waals surface area contributed by atoms with Crippen molar-refractivity contribution in [2.45, 2.75) is 46.8 Å². The Morgan fingerprint density at radius 3 is 2.62 bits per heavy atom. The van der Waals surface area contributed by atoms with Gasteiger partial charge in [0, 0.05) is 5.56 Å². The Balaban J connectivity index is 1.54. The Labute approximate surface area is 171 Å². The number of hydrogen-bond acceptors (Lipinski definition) is 5. The van der Waals surface area contributed by atoms with Gasteiger partial charge in [-0.05, 0) is 63.8 Å². The quantitative estimate of drug-likeness (QED) is 0.712. The molecule has 29 heavy (non-hydrogen) atoms. The van der Waals surface area contributed by atoms with Crippen LogP contribution in [0.5, 0.6) is 5.75 Å². The van der Waals surface area contributed by atoms with Crippen molar-refractivity contribution >= 4 is 11.9 Å². The molecule has 1 unspecified atom stereocenters. The summed E-state index contributed by atoms with van der Waals surface area (Å²) in [5.74, 6) is -0.242. The summed E-state index contributed by atoms with van der Waals surface area (Å²) in [4.78, 5) is 30.4. The van der Waals surface area contributed by atoms with E-state index in [-0.39, 0.29) is 0 Å². The number of nitrogens with zero attached hydrogens (tertiary/aromatic N) is 1. The normalized spacial score (nSPS) is 16.0. The highest BCUT2D eigenvalue weighted by Crippen LogP contribution is 2.34. The maximum absolute atomic E-state index is 12.7. The molecule has 1 aliphatic heterocycles. The molecule has 1 atom stereocenters. The lowest BCUT2D eigenvalue weighted by molar-refractivity contribution is -0.217. The molecular weight excluding hydrogens is 370 g/mol. The molecule has 0 aromatic heterocycles. The number of amides is 1. The zero-order chi connectivity index (χ0) is 21.2. The van der Waals surface area contributed by atoms with Crippen LogP contribution in [0.3, 0.4) is 0 Å². The monoisotopic (exact) mass is 397 g/mol. The maximum Gasteiger partial charge on any atom is 0.338 e. The van der Waals surface area contributed by atoms with E-state index < -0.39 is 23.5 Å². The van der Waals surface area contributed by atoms with Gasteiger partial charge in [0.1, 0.15) is 5.75 Å². The standard InChI is InChI=1S/C23H27NO5/c1-15-10-11-16(2)19(14-15)28-13-7-12-23(3,4)22(27)29-24-20(25)17-8-5-6-9-18(17)21(24)26/h5-6,8-11,14,20,25H,7,12-13H2,1-4H3. The molecule has 0 spiro atoms. The summed E-state index contributed by atoms with van der Waals surface area (Å²) < 4.78 is 5.85. The molecule has 0 aliphatic carbocycles. The Bertz CT molecular complexity index is 921. The minimum absolute atomic E-state index is 0.340. The van der Waals surface area contributed by atoms with Crippen molar-refractivity contribution in [1.29, 1.82) is 0 Å². The van der Waals surface area contributed by atoms with Crippen LogP contribution in [0.4, 0.5) is 0 Å². The van der Waals surface area contributed by atoms with Crippen molar-refractivity contribution in [2.24, 2.45) is 5.41 Å². The first-order chi connectivity index (χ1) is 13.7. The van der Waals surface area contributed by atoms with Gasteiger partial charge in [-0.25, -0.2) is 4.79 Å². The lowest BCUT2D eigenvalue weighted by Gasteiger charge is -2.26. The van der Waals surface area contributed by atoms with Gasteiger partial charge >= 0.3 is 5.97 Å². The smallest absolute Gasteiger partial charge is 0.338 e. The molecule has 1 aliphatic rings. The topological polar surface area (TPSA) is 76.1 Å². The summed E-state index contributed by atoms with van der Waals surface area (Å²) in [5, 5.41) is 11.1. The molecule has 1 N–H and O–H groups in total. The third kappa shape index (κ3) is 4.43. The molecule has 1 amide bonds. The van der Waals surface area contributed by atoms with E-state index >= 15 is 0 Å². The van der Waals surface area contributed by atoms with E-state index in [4.69, 9.17) is 9.57 Å². The molecule has 154 valence electrons. The lowest BCUT2D eigenvalue weighted by Crippen LogP contribution is -2.37. The number of benzene rings is 2. The van der Waals surface area contributed by atoms with Crippen LogP contribution < -0.4 is 4.74 Å². The van der Waals surface area contributed by atoms with Crippen molar-refractivity contribution < 1.29 is 24.3 Å². The minimum Gasteiger partial charge on any atom is -0.493 e. The number of aliphatic hydroxyl groups is 1. The maximum atomic E-state index is 12.7. The van der Waals surface area contributed by atoms with Gasteiger partial charge in [-0.2, -0.15) is 0 Å². The fourth-order valence-electron chi connectivity index (χ4n) is 3.24. The summed E-state index contributed by atoms with van der Waals surface area (Å²) in [5.41, 5.74) is 2.14. The second kappa shape index (κ2) is 8.25. The number of ether oxygens (including phenoxy) is 1. The second-order valence-corrected chi connectivity index (χ2v) is 8.08. The molecule has 0 bridgehead atoms. The van der Waals surface area contributed by atoms with E-state index in [0.29, 0.717) is 30.6 Å². The summed E-state index contributed by atoms with van der Waals surface area (Å²) in [7, 11) is 0. The molecule has 2 aromatic rings. The average molecular weight is 397 g/mol. The van der Waals surface area contributed by atoms with Crippen LogP contribution in [0.1, 0.15) is 60.0 Å². The highest BCUT2D eigenvalue weighted by Gasteiger charge is 2.41. The molecular formula is C23H27NO5. The predicted octanol–water partition coefficient (Wildman–Crippen LogP) is 4.09. The van der Waals surface area contributed by atoms with Gasteiger partial charge in [-0.1, -0.05) is 30.3 Å². The van der Waals surface area contributed by atoms with E-state index in [1.54, 1.807) is 38.1 Å². The predicted molar refractivity (Wildman–Crippen MR) is 108 cm³/mol. The molecule has 6 heteroatoms. The van der Waals surface area contributed by atoms with E-state index in [2.05, 4.69) is 0 Å². The number of rotatable bonds is 7. The molecule has 0 fully saturated rings. The zero-order valence-corrected chi connectivity index (χ0v) is 17.3. The highest BCUT2D eigenvalue weighted by atomic mass is 16.7.